The zero-order valence-electron chi connectivity index (χ0n) is 11.5. The molecule has 1 saturated heterocycles. The molecule has 1 aromatic heterocycles. The number of rotatable bonds is 3. The Balaban J connectivity index is 2.05. The van der Waals surface area contributed by atoms with Crippen LogP contribution in [-0.2, 0) is 0 Å². The van der Waals surface area contributed by atoms with Gasteiger partial charge < -0.3 is 14.9 Å². The fraction of sp³-hybridized carbons (Fsp3) is 0.643. The topological polar surface area (TPSA) is 39.6 Å². The number of likely N-dealkylation sites (N-methyl/N-ethyl adjacent to an activating group) is 2. The van der Waals surface area contributed by atoms with Crippen molar-refractivity contribution in [2.45, 2.75) is 31.9 Å². The molecular formula is C14H23N3O. The monoisotopic (exact) mass is 249 g/mol. The number of aliphatic hydroxyl groups is 1. The molecule has 4 heteroatoms. The smallest absolute Gasteiger partial charge is 0.0931 e. The van der Waals surface area contributed by atoms with Gasteiger partial charge in [0.1, 0.15) is 0 Å². The molecule has 0 aromatic carbocycles. The number of aromatic nitrogens is 1. The van der Waals surface area contributed by atoms with Gasteiger partial charge in [-0.2, -0.15) is 0 Å². The van der Waals surface area contributed by atoms with Crippen molar-refractivity contribution < 1.29 is 5.11 Å². The van der Waals surface area contributed by atoms with E-state index in [0.717, 1.165) is 17.9 Å². The highest BCUT2D eigenvalue weighted by molar-refractivity contribution is 5.45. The van der Waals surface area contributed by atoms with Gasteiger partial charge in [-0.15, -0.1) is 0 Å². The Hall–Kier alpha value is -1.13. The minimum Gasteiger partial charge on any atom is -0.387 e. The number of pyridine rings is 1. The molecule has 0 amide bonds. The summed E-state index contributed by atoms with van der Waals surface area (Å²) < 4.78 is 0. The molecule has 2 unspecified atom stereocenters. The van der Waals surface area contributed by atoms with Crippen LogP contribution in [0.15, 0.2) is 18.3 Å². The van der Waals surface area contributed by atoms with Gasteiger partial charge in [0.2, 0.25) is 0 Å². The maximum atomic E-state index is 9.45. The number of hydrogen-bond donors (Lipinski definition) is 1. The number of anilines is 1. The van der Waals surface area contributed by atoms with Crippen molar-refractivity contribution in [3.8, 4) is 0 Å². The van der Waals surface area contributed by atoms with Crippen LogP contribution in [0.4, 0.5) is 5.69 Å². The Bertz CT molecular complexity index is 377. The Morgan fingerprint density at radius 1 is 1.50 bits per heavy atom. The molecule has 4 nitrogen and oxygen atoms in total. The quantitative estimate of drug-likeness (QED) is 0.884. The fourth-order valence-corrected chi connectivity index (χ4v) is 2.52. The van der Waals surface area contributed by atoms with Crippen molar-refractivity contribution in [1.82, 2.24) is 9.88 Å². The van der Waals surface area contributed by atoms with Crippen LogP contribution in [0.25, 0.3) is 0 Å². The highest BCUT2D eigenvalue weighted by Gasteiger charge is 2.21. The van der Waals surface area contributed by atoms with Gasteiger partial charge in [0.15, 0.2) is 0 Å². The summed E-state index contributed by atoms with van der Waals surface area (Å²) in [6, 6.07) is 4.51. The van der Waals surface area contributed by atoms with Crippen molar-refractivity contribution in [3.05, 3.63) is 24.0 Å². The van der Waals surface area contributed by atoms with Gasteiger partial charge in [0, 0.05) is 19.6 Å². The second-order valence-electron chi connectivity index (χ2n) is 5.29. The molecule has 100 valence electrons. The zero-order chi connectivity index (χ0) is 13.1. The van der Waals surface area contributed by atoms with E-state index in [0.29, 0.717) is 6.04 Å². The molecule has 1 aliphatic heterocycles. The first-order chi connectivity index (χ1) is 8.58. The first-order valence-corrected chi connectivity index (χ1v) is 6.63. The van der Waals surface area contributed by atoms with Gasteiger partial charge in [0.25, 0.3) is 0 Å². The van der Waals surface area contributed by atoms with Crippen molar-refractivity contribution in [3.63, 3.8) is 0 Å². The Labute approximate surface area is 109 Å². The average Bonchev–Trinajstić information content (AvgIpc) is 2.38. The largest absolute Gasteiger partial charge is 0.387 e. The van der Waals surface area contributed by atoms with Crippen LogP contribution < -0.4 is 4.90 Å². The minimum atomic E-state index is -0.495. The van der Waals surface area contributed by atoms with Crippen LogP contribution in [-0.4, -0.2) is 48.2 Å². The predicted molar refractivity (Wildman–Crippen MR) is 73.8 cm³/mol. The van der Waals surface area contributed by atoms with E-state index in [-0.39, 0.29) is 0 Å². The molecule has 1 fully saturated rings. The summed E-state index contributed by atoms with van der Waals surface area (Å²) in [5.74, 6) is 0. The molecule has 0 saturated carbocycles. The molecule has 0 radical (unpaired) electrons. The van der Waals surface area contributed by atoms with Crippen LogP contribution in [0, 0.1) is 0 Å². The summed E-state index contributed by atoms with van der Waals surface area (Å²) >= 11 is 0. The zero-order valence-corrected chi connectivity index (χ0v) is 11.5. The van der Waals surface area contributed by atoms with Gasteiger partial charge in [0.05, 0.1) is 23.7 Å². The molecule has 0 spiro atoms. The second-order valence-corrected chi connectivity index (χ2v) is 5.29. The van der Waals surface area contributed by atoms with E-state index in [4.69, 9.17) is 0 Å². The Kier molecular flexibility index (Phi) is 4.19. The number of nitrogens with zero attached hydrogens (tertiary/aromatic N) is 3. The third-order valence-corrected chi connectivity index (χ3v) is 3.75. The number of likely N-dealkylation sites (tertiary alicyclic amines) is 1. The highest BCUT2D eigenvalue weighted by atomic mass is 16.3. The third kappa shape index (κ3) is 3.00. The molecule has 1 aliphatic rings. The average molecular weight is 249 g/mol. The van der Waals surface area contributed by atoms with E-state index in [9.17, 15) is 5.11 Å². The van der Waals surface area contributed by atoms with Crippen molar-refractivity contribution in [2.75, 3.05) is 32.1 Å². The lowest BCUT2D eigenvalue weighted by Crippen LogP contribution is -2.45. The van der Waals surface area contributed by atoms with E-state index in [1.165, 1.54) is 19.4 Å². The number of aliphatic hydroxyl groups excluding tert-OH is 1. The van der Waals surface area contributed by atoms with Crippen LogP contribution >= 0.6 is 0 Å². The Morgan fingerprint density at radius 2 is 2.28 bits per heavy atom. The van der Waals surface area contributed by atoms with E-state index >= 15 is 0 Å². The number of hydrogen-bond acceptors (Lipinski definition) is 4. The van der Waals surface area contributed by atoms with Crippen LogP contribution in [0.2, 0.25) is 0 Å². The summed E-state index contributed by atoms with van der Waals surface area (Å²) in [5, 5.41) is 9.45. The molecule has 2 atom stereocenters. The fourth-order valence-electron chi connectivity index (χ4n) is 2.52. The first-order valence-electron chi connectivity index (χ1n) is 6.63. The van der Waals surface area contributed by atoms with Crippen LogP contribution in [0.3, 0.4) is 0 Å². The van der Waals surface area contributed by atoms with Gasteiger partial charge >= 0.3 is 0 Å². The molecule has 18 heavy (non-hydrogen) atoms. The molecular weight excluding hydrogens is 226 g/mol. The summed E-state index contributed by atoms with van der Waals surface area (Å²) in [4.78, 5) is 8.99. The third-order valence-electron chi connectivity index (χ3n) is 3.75. The number of piperidine rings is 1. The molecule has 1 aromatic rings. The standard InChI is InChI=1S/C14H23N3O/c1-11(18)14-7-6-12(9-15-14)17(3)13-5-4-8-16(2)10-13/h6-7,9,11,13,18H,4-5,8,10H2,1-3H3. The molecule has 0 bridgehead atoms. The normalized spacial score (nSPS) is 22.8. The van der Waals surface area contributed by atoms with E-state index in [1.807, 2.05) is 18.3 Å². The Morgan fingerprint density at radius 3 is 2.83 bits per heavy atom. The van der Waals surface area contributed by atoms with Crippen molar-refractivity contribution >= 4 is 5.69 Å². The predicted octanol–water partition coefficient (Wildman–Crippen LogP) is 1.67. The molecule has 2 rings (SSSR count). The second kappa shape index (κ2) is 5.67. The summed E-state index contributed by atoms with van der Waals surface area (Å²) in [6.45, 7) is 4.04. The van der Waals surface area contributed by atoms with Gasteiger partial charge in [-0.3, -0.25) is 4.98 Å². The van der Waals surface area contributed by atoms with Gasteiger partial charge in [-0.25, -0.2) is 0 Å². The highest BCUT2D eigenvalue weighted by Crippen LogP contribution is 2.21. The summed E-state index contributed by atoms with van der Waals surface area (Å²) in [5.41, 5.74) is 1.85. The van der Waals surface area contributed by atoms with Crippen molar-refractivity contribution in [2.24, 2.45) is 0 Å². The SMILES string of the molecule is CC(O)c1ccc(N(C)C2CCCN(C)C2)cn1. The maximum absolute atomic E-state index is 9.45. The molecule has 2 heterocycles. The van der Waals surface area contributed by atoms with E-state index < -0.39 is 6.10 Å². The molecule has 0 aliphatic carbocycles. The molecule has 1 N–H and O–H groups in total. The summed E-state index contributed by atoms with van der Waals surface area (Å²) in [7, 11) is 4.30. The van der Waals surface area contributed by atoms with Gasteiger partial charge in [-0.05, 0) is 45.5 Å². The first kappa shape index (κ1) is 13.3. The lowest BCUT2D eigenvalue weighted by atomic mass is 10.0. The van der Waals surface area contributed by atoms with E-state index in [1.54, 1.807) is 6.92 Å². The maximum Gasteiger partial charge on any atom is 0.0931 e. The lowest BCUT2D eigenvalue weighted by Gasteiger charge is -2.37. The van der Waals surface area contributed by atoms with E-state index in [2.05, 4.69) is 28.9 Å². The minimum absolute atomic E-state index is 0.495. The lowest BCUT2D eigenvalue weighted by molar-refractivity contribution is 0.194. The van der Waals surface area contributed by atoms with Gasteiger partial charge in [-0.1, -0.05) is 0 Å². The van der Waals surface area contributed by atoms with Crippen LogP contribution in [0.5, 0.6) is 0 Å². The van der Waals surface area contributed by atoms with Crippen molar-refractivity contribution in [1.29, 1.82) is 0 Å². The van der Waals surface area contributed by atoms with Crippen LogP contribution in [0.1, 0.15) is 31.6 Å². The summed E-state index contributed by atoms with van der Waals surface area (Å²) in [6.07, 6.45) is 3.85.